The third-order valence-corrected chi connectivity index (χ3v) is 3.83. The van der Waals surface area contributed by atoms with Crippen LogP contribution < -0.4 is 5.32 Å². The van der Waals surface area contributed by atoms with Crippen molar-refractivity contribution in [2.75, 3.05) is 11.6 Å². The highest BCUT2D eigenvalue weighted by Crippen LogP contribution is 2.14. The number of carbonyl (C=O) groups excluding carboxylic acids is 1. The quantitative estimate of drug-likeness (QED) is 0.924. The van der Waals surface area contributed by atoms with Gasteiger partial charge in [-0.25, -0.2) is 8.42 Å². The van der Waals surface area contributed by atoms with Gasteiger partial charge in [-0.05, 0) is 37.3 Å². The molecular formula is C13H13N3O3S. The van der Waals surface area contributed by atoms with E-state index >= 15 is 0 Å². The van der Waals surface area contributed by atoms with Crippen molar-refractivity contribution in [2.45, 2.75) is 11.8 Å². The molecule has 0 aliphatic heterocycles. The lowest BCUT2D eigenvalue weighted by molar-refractivity contribution is 0.102. The number of sulfone groups is 1. The summed E-state index contributed by atoms with van der Waals surface area (Å²) in [4.78, 5) is 12.2. The number of benzene rings is 1. The van der Waals surface area contributed by atoms with E-state index in [-0.39, 0.29) is 10.8 Å². The molecule has 1 aromatic carbocycles. The molecule has 2 rings (SSSR count). The van der Waals surface area contributed by atoms with E-state index in [1.165, 1.54) is 30.5 Å². The van der Waals surface area contributed by atoms with Crippen LogP contribution >= 0.6 is 0 Å². The molecule has 0 aliphatic carbocycles. The highest BCUT2D eigenvalue weighted by molar-refractivity contribution is 7.90. The second kappa shape index (κ2) is 5.38. The van der Waals surface area contributed by atoms with Crippen molar-refractivity contribution in [1.82, 2.24) is 10.2 Å². The fraction of sp³-hybridized carbons (Fsp3) is 0.154. The Morgan fingerprint density at radius 1 is 1.15 bits per heavy atom. The highest BCUT2D eigenvalue weighted by Gasteiger charge is 2.11. The van der Waals surface area contributed by atoms with Crippen LogP contribution in [0.4, 0.5) is 5.69 Å². The van der Waals surface area contributed by atoms with Crippen LogP contribution in [0.3, 0.4) is 0 Å². The number of nitrogens with zero attached hydrogens (tertiary/aromatic N) is 2. The predicted molar refractivity (Wildman–Crippen MR) is 74.3 cm³/mol. The van der Waals surface area contributed by atoms with Crippen LogP contribution in [-0.4, -0.2) is 30.8 Å². The number of anilines is 1. The molecule has 0 radical (unpaired) electrons. The maximum absolute atomic E-state index is 12.0. The molecule has 0 atom stereocenters. The number of nitrogens with one attached hydrogen (secondary N) is 1. The minimum atomic E-state index is -3.26. The first-order chi connectivity index (χ1) is 9.38. The van der Waals surface area contributed by atoms with Crippen LogP contribution in [0.15, 0.2) is 41.4 Å². The van der Waals surface area contributed by atoms with Crippen molar-refractivity contribution < 1.29 is 13.2 Å². The molecule has 104 valence electrons. The predicted octanol–water partition coefficient (Wildman–Crippen LogP) is 1.44. The van der Waals surface area contributed by atoms with Crippen LogP contribution in [0.2, 0.25) is 0 Å². The summed E-state index contributed by atoms with van der Waals surface area (Å²) in [6, 6.07) is 7.39. The van der Waals surface area contributed by atoms with Gasteiger partial charge in [0.25, 0.3) is 5.91 Å². The zero-order valence-electron chi connectivity index (χ0n) is 11.0. The summed E-state index contributed by atoms with van der Waals surface area (Å²) >= 11 is 0. The molecule has 7 heteroatoms. The number of carbonyl (C=O) groups is 1. The number of hydrogen-bond acceptors (Lipinski definition) is 5. The number of hydrogen-bond donors (Lipinski definition) is 1. The van der Waals surface area contributed by atoms with E-state index in [0.29, 0.717) is 16.9 Å². The summed E-state index contributed by atoms with van der Waals surface area (Å²) in [5.41, 5.74) is 1.54. The minimum absolute atomic E-state index is 0.177. The molecule has 1 aromatic heterocycles. The first kappa shape index (κ1) is 14.1. The van der Waals surface area contributed by atoms with Crippen molar-refractivity contribution in [3.63, 3.8) is 0 Å². The molecule has 1 heterocycles. The van der Waals surface area contributed by atoms with E-state index in [2.05, 4.69) is 15.5 Å². The summed E-state index contributed by atoms with van der Waals surface area (Å²) in [5, 5.41) is 10.2. The number of aromatic nitrogens is 2. The molecule has 0 saturated carbocycles. The Bertz CT molecular complexity index is 740. The molecule has 1 N–H and O–H groups in total. The molecule has 6 nitrogen and oxygen atoms in total. The van der Waals surface area contributed by atoms with Gasteiger partial charge in [-0.1, -0.05) is 0 Å². The normalized spacial score (nSPS) is 11.1. The van der Waals surface area contributed by atoms with Gasteiger partial charge in [-0.3, -0.25) is 4.79 Å². The average Bonchev–Trinajstić information content (AvgIpc) is 2.40. The van der Waals surface area contributed by atoms with Gasteiger partial charge >= 0.3 is 0 Å². The van der Waals surface area contributed by atoms with Crippen molar-refractivity contribution in [1.29, 1.82) is 0 Å². The third kappa shape index (κ3) is 3.18. The molecule has 0 spiro atoms. The fourth-order valence-corrected chi connectivity index (χ4v) is 2.21. The first-order valence-corrected chi connectivity index (χ1v) is 7.67. The Morgan fingerprint density at radius 2 is 1.80 bits per heavy atom. The highest BCUT2D eigenvalue weighted by atomic mass is 32.2. The summed E-state index contributed by atoms with van der Waals surface area (Å²) in [6.07, 6.45) is 2.60. The van der Waals surface area contributed by atoms with E-state index in [1.54, 1.807) is 13.0 Å². The summed E-state index contributed by atoms with van der Waals surface area (Å²) in [7, 11) is -3.26. The maximum atomic E-state index is 12.0. The second-order valence-corrected chi connectivity index (χ2v) is 6.30. The van der Waals surface area contributed by atoms with Gasteiger partial charge in [0.05, 0.1) is 22.5 Å². The van der Waals surface area contributed by atoms with Crippen molar-refractivity contribution in [2.24, 2.45) is 0 Å². The van der Waals surface area contributed by atoms with Gasteiger partial charge in [-0.2, -0.15) is 10.2 Å². The van der Waals surface area contributed by atoms with Gasteiger partial charge in [0.2, 0.25) is 0 Å². The van der Waals surface area contributed by atoms with Crippen molar-refractivity contribution >= 4 is 21.4 Å². The molecular weight excluding hydrogens is 278 g/mol. The van der Waals surface area contributed by atoms with Crippen LogP contribution in [-0.2, 0) is 9.84 Å². The van der Waals surface area contributed by atoms with E-state index in [1.807, 2.05) is 0 Å². The Kier molecular flexibility index (Phi) is 3.80. The van der Waals surface area contributed by atoms with Crippen LogP contribution in [0.5, 0.6) is 0 Å². The van der Waals surface area contributed by atoms with Gasteiger partial charge in [0.1, 0.15) is 0 Å². The second-order valence-electron chi connectivity index (χ2n) is 4.28. The number of aryl methyl sites for hydroxylation is 1. The van der Waals surface area contributed by atoms with E-state index in [4.69, 9.17) is 0 Å². The molecule has 20 heavy (non-hydrogen) atoms. The Labute approximate surface area is 116 Å². The SMILES string of the molecule is Cc1nnccc1NC(=O)c1ccc(S(C)(=O)=O)cc1. The maximum Gasteiger partial charge on any atom is 0.255 e. The van der Waals surface area contributed by atoms with E-state index in [9.17, 15) is 13.2 Å². The fourth-order valence-electron chi connectivity index (χ4n) is 1.58. The third-order valence-electron chi connectivity index (χ3n) is 2.70. The van der Waals surface area contributed by atoms with Gasteiger partial charge in [0, 0.05) is 11.8 Å². The average molecular weight is 291 g/mol. The van der Waals surface area contributed by atoms with Gasteiger partial charge in [0.15, 0.2) is 9.84 Å². The molecule has 0 aliphatic rings. The van der Waals surface area contributed by atoms with Gasteiger partial charge < -0.3 is 5.32 Å². The summed E-state index contributed by atoms with van der Waals surface area (Å²) in [6.45, 7) is 1.73. The Morgan fingerprint density at radius 3 is 2.35 bits per heavy atom. The topological polar surface area (TPSA) is 89.0 Å². The molecule has 1 amide bonds. The smallest absolute Gasteiger partial charge is 0.255 e. The van der Waals surface area contributed by atoms with E-state index < -0.39 is 9.84 Å². The zero-order valence-corrected chi connectivity index (χ0v) is 11.8. The molecule has 0 fully saturated rings. The summed E-state index contributed by atoms with van der Waals surface area (Å²) < 4.78 is 22.7. The van der Waals surface area contributed by atoms with Crippen molar-refractivity contribution in [3.8, 4) is 0 Å². The molecule has 0 unspecified atom stereocenters. The Balaban J connectivity index is 2.20. The monoisotopic (exact) mass is 291 g/mol. The molecule has 2 aromatic rings. The summed E-state index contributed by atoms with van der Waals surface area (Å²) in [5.74, 6) is -0.332. The lowest BCUT2D eigenvalue weighted by Crippen LogP contribution is -2.13. The zero-order chi connectivity index (χ0) is 14.8. The number of amides is 1. The minimum Gasteiger partial charge on any atom is -0.320 e. The standard InChI is InChI=1S/C13H13N3O3S/c1-9-12(7-8-14-16-9)15-13(17)10-3-5-11(6-4-10)20(2,18)19/h3-8H,1-2H3,(H,14,15,17). The Hall–Kier alpha value is -2.28. The van der Waals surface area contributed by atoms with Crippen LogP contribution in [0.25, 0.3) is 0 Å². The molecule has 0 bridgehead atoms. The number of rotatable bonds is 3. The van der Waals surface area contributed by atoms with E-state index in [0.717, 1.165) is 6.26 Å². The first-order valence-electron chi connectivity index (χ1n) is 5.78. The van der Waals surface area contributed by atoms with Crippen molar-refractivity contribution in [3.05, 3.63) is 47.8 Å². The lowest BCUT2D eigenvalue weighted by Gasteiger charge is -2.07. The lowest BCUT2D eigenvalue weighted by atomic mass is 10.2. The largest absolute Gasteiger partial charge is 0.320 e. The van der Waals surface area contributed by atoms with Crippen LogP contribution in [0, 0.1) is 6.92 Å². The molecule has 0 saturated heterocycles. The van der Waals surface area contributed by atoms with Gasteiger partial charge in [-0.15, -0.1) is 0 Å². The van der Waals surface area contributed by atoms with Crippen LogP contribution in [0.1, 0.15) is 16.1 Å².